The molecule has 2 heterocycles. The van der Waals surface area contributed by atoms with Crippen LogP contribution in [0.4, 0.5) is 0 Å². The molecule has 148 valence electrons. The number of aryl methyl sites for hydroxylation is 1. The molecule has 0 radical (unpaired) electrons. The lowest BCUT2D eigenvalue weighted by molar-refractivity contribution is -0.679. The largest absolute Gasteiger partial charge is 1.00 e. The zero-order valence-corrected chi connectivity index (χ0v) is 19.4. The average molecular weight is 517 g/mol. The SMILES string of the molecule is COc1cc2c(cc1OC)-c1c(C#N)c(SC)nc(-c3ccccc3)[n+]1CC2.[I-]. The molecule has 2 aromatic carbocycles. The van der Waals surface area contributed by atoms with Crippen molar-refractivity contribution in [2.75, 3.05) is 20.5 Å². The minimum Gasteiger partial charge on any atom is -1.00 e. The summed E-state index contributed by atoms with van der Waals surface area (Å²) in [6.07, 6.45) is 2.78. The van der Waals surface area contributed by atoms with Crippen LogP contribution in [0.1, 0.15) is 11.1 Å². The summed E-state index contributed by atoms with van der Waals surface area (Å²) in [5.41, 5.74) is 4.66. The number of fused-ring (bicyclic) bond motifs is 3. The molecule has 0 saturated heterocycles. The van der Waals surface area contributed by atoms with E-state index in [0.29, 0.717) is 17.1 Å². The molecule has 0 atom stereocenters. The predicted octanol–water partition coefficient (Wildman–Crippen LogP) is 0.874. The zero-order chi connectivity index (χ0) is 19.7. The third-order valence-electron chi connectivity index (χ3n) is 4.99. The molecule has 0 amide bonds. The Labute approximate surface area is 191 Å². The first-order valence-corrected chi connectivity index (χ1v) is 10.2. The summed E-state index contributed by atoms with van der Waals surface area (Å²) in [7, 11) is 3.27. The third kappa shape index (κ3) is 3.67. The van der Waals surface area contributed by atoms with Crippen LogP contribution in [0.25, 0.3) is 22.6 Å². The van der Waals surface area contributed by atoms with Gasteiger partial charge in [0.2, 0.25) is 5.03 Å². The second kappa shape index (κ2) is 9.01. The van der Waals surface area contributed by atoms with Gasteiger partial charge in [0.15, 0.2) is 22.8 Å². The molecular weight excluding hydrogens is 497 g/mol. The van der Waals surface area contributed by atoms with Gasteiger partial charge >= 0.3 is 5.82 Å². The van der Waals surface area contributed by atoms with E-state index < -0.39 is 0 Å². The molecule has 4 rings (SSSR count). The number of halogens is 1. The number of nitrogens with zero attached hydrogens (tertiary/aromatic N) is 3. The maximum atomic E-state index is 9.95. The smallest absolute Gasteiger partial charge is 0.332 e. The van der Waals surface area contributed by atoms with E-state index in [-0.39, 0.29) is 24.0 Å². The Morgan fingerprint density at radius 1 is 1.10 bits per heavy atom. The summed E-state index contributed by atoms with van der Waals surface area (Å²) < 4.78 is 13.2. The minimum atomic E-state index is 0. The van der Waals surface area contributed by atoms with Crippen LogP contribution in [0, 0.1) is 11.3 Å². The van der Waals surface area contributed by atoms with Crippen LogP contribution in [0.15, 0.2) is 47.5 Å². The molecule has 0 spiro atoms. The zero-order valence-electron chi connectivity index (χ0n) is 16.4. The van der Waals surface area contributed by atoms with Crippen LogP contribution in [-0.2, 0) is 13.0 Å². The highest BCUT2D eigenvalue weighted by Gasteiger charge is 2.33. The summed E-state index contributed by atoms with van der Waals surface area (Å²) in [6, 6.07) is 16.5. The van der Waals surface area contributed by atoms with E-state index >= 15 is 0 Å². The highest BCUT2D eigenvalue weighted by molar-refractivity contribution is 7.98. The molecule has 0 unspecified atom stereocenters. The van der Waals surface area contributed by atoms with Crippen molar-refractivity contribution in [2.24, 2.45) is 0 Å². The molecule has 0 fully saturated rings. The fourth-order valence-corrected chi connectivity index (χ4v) is 4.21. The fourth-order valence-electron chi connectivity index (χ4n) is 3.69. The molecule has 1 aliphatic rings. The number of aromatic nitrogens is 2. The first-order valence-electron chi connectivity index (χ1n) is 8.94. The maximum Gasteiger partial charge on any atom is 0.332 e. The van der Waals surface area contributed by atoms with Crippen molar-refractivity contribution in [2.45, 2.75) is 18.0 Å². The molecular formula is C22H20IN3O2S. The van der Waals surface area contributed by atoms with Crippen molar-refractivity contribution in [1.82, 2.24) is 4.98 Å². The van der Waals surface area contributed by atoms with Crippen molar-refractivity contribution < 1.29 is 38.0 Å². The van der Waals surface area contributed by atoms with Crippen LogP contribution in [-0.4, -0.2) is 25.5 Å². The van der Waals surface area contributed by atoms with Crippen molar-refractivity contribution in [3.05, 3.63) is 53.6 Å². The average Bonchev–Trinajstić information content (AvgIpc) is 2.77. The second-order valence-corrected chi connectivity index (χ2v) is 7.21. The Morgan fingerprint density at radius 3 is 2.41 bits per heavy atom. The lowest BCUT2D eigenvalue weighted by Gasteiger charge is -2.22. The van der Waals surface area contributed by atoms with Gasteiger partial charge in [0.25, 0.3) is 0 Å². The molecule has 1 aromatic heterocycles. The number of rotatable bonds is 4. The van der Waals surface area contributed by atoms with Crippen LogP contribution in [0.3, 0.4) is 0 Å². The third-order valence-corrected chi connectivity index (χ3v) is 5.67. The van der Waals surface area contributed by atoms with Crippen LogP contribution >= 0.6 is 11.8 Å². The number of hydrogen-bond acceptors (Lipinski definition) is 5. The van der Waals surface area contributed by atoms with Crippen molar-refractivity contribution in [1.29, 1.82) is 5.26 Å². The van der Waals surface area contributed by atoms with Gasteiger partial charge in [-0.2, -0.15) is 5.26 Å². The molecule has 5 nitrogen and oxygen atoms in total. The minimum absolute atomic E-state index is 0. The predicted molar refractivity (Wildman–Crippen MR) is 109 cm³/mol. The van der Waals surface area contributed by atoms with Gasteiger partial charge < -0.3 is 33.5 Å². The molecule has 0 saturated carbocycles. The van der Waals surface area contributed by atoms with Gasteiger partial charge in [-0.25, -0.2) is 4.57 Å². The van der Waals surface area contributed by atoms with Gasteiger partial charge in [-0.1, -0.05) is 30.0 Å². The van der Waals surface area contributed by atoms with Gasteiger partial charge in [-0.15, -0.1) is 0 Å². The quantitative estimate of drug-likeness (QED) is 0.223. The Kier molecular flexibility index (Phi) is 6.65. The number of thioether (sulfide) groups is 1. The topological polar surface area (TPSA) is 59.0 Å². The Hall–Kier alpha value is -2.31. The normalized spacial score (nSPS) is 11.5. The lowest BCUT2D eigenvalue weighted by Crippen LogP contribution is -3.00. The van der Waals surface area contributed by atoms with Crippen LogP contribution in [0.2, 0.25) is 0 Å². The Balaban J connectivity index is 0.00000240. The highest BCUT2D eigenvalue weighted by Crippen LogP contribution is 2.39. The van der Waals surface area contributed by atoms with Crippen molar-refractivity contribution >= 4 is 11.8 Å². The summed E-state index contributed by atoms with van der Waals surface area (Å²) in [5, 5.41) is 10.7. The van der Waals surface area contributed by atoms with E-state index in [9.17, 15) is 5.26 Å². The second-order valence-electron chi connectivity index (χ2n) is 6.41. The molecule has 1 aliphatic heterocycles. The molecule has 0 bridgehead atoms. The first-order chi connectivity index (χ1) is 13.7. The van der Waals surface area contributed by atoms with Gasteiger partial charge in [-0.05, 0) is 41.1 Å². The van der Waals surface area contributed by atoms with Gasteiger partial charge in [0, 0.05) is 12.0 Å². The summed E-state index contributed by atoms with van der Waals surface area (Å²) in [5.74, 6) is 2.23. The van der Waals surface area contributed by atoms with Gasteiger partial charge in [0.1, 0.15) is 6.07 Å². The Bertz CT molecular complexity index is 1100. The number of hydrogen-bond donors (Lipinski definition) is 0. The van der Waals surface area contributed by atoms with E-state index in [1.807, 2.05) is 36.6 Å². The summed E-state index contributed by atoms with van der Waals surface area (Å²) in [6.45, 7) is 0.748. The molecule has 0 N–H and O–H groups in total. The summed E-state index contributed by atoms with van der Waals surface area (Å²) in [4.78, 5) is 4.84. The number of methoxy groups -OCH3 is 2. The monoisotopic (exact) mass is 517 g/mol. The number of ether oxygens (including phenoxy) is 2. The maximum absolute atomic E-state index is 9.95. The first kappa shape index (κ1) is 21.4. The fraction of sp³-hybridized carbons (Fsp3) is 0.227. The summed E-state index contributed by atoms with van der Waals surface area (Å²) >= 11 is 1.49. The van der Waals surface area contributed by atoms with E-state index in [1.165, 1.54) is 11.8 Å². The van der Waals surface area contributed by atoms with E-state index in [4.69, 9.17) is 14.5 Å². The van der Waals surface area contributed by atoms with Gasteiger partial charge in [-0.3, -0.25) is 0 Å². The molecule has 7 heteroatoms. The highest BCUT2D eigenvalue weighted by atomic mass is 127. The number of benzene rings is 2. The molecule has 29 heavy (non-hydrogen) atoms. The molecule has 3 aromatic rings. The number of nitriles is 1. The lowest BCUT2D eigenvalue weighted by atomic mass is 9.94. The Morgan fingerprint density at radius 2 is 1.79 bits per heavy atom. The van der Waals surface area contributed by atoms with E-state index in [0.717, 1.165) is 46.2 Å². The van der Waals surface area contributed by atoms with Crippen LogP contribution < -0.4 is 38.0 Å². The van der Waals surface area contributed by atoms with Crippen LogP contribution in [0.5, 0.6) is 11.5 Å². The van der Waals surface area contributed by atoms with E-state index in [1.54, 1.807) is 14.2 Å². The van der Waals surface area contributed by atoms with Crippen molar-refractivity contribution in [3.8, 4) is 40.2 Å². The van der Waals surface area contributed by atoms with Crippen molar-refractivity contribution in [3.63, 3.8) is 0 Å². The van der Waals surface area contributed by atoms with Gasteiger partial charge in [0.05, 0.1) is 26.3 Å². The standard InChI is InChI=1S/C22H20N3O2S.HI/c1-26-18-11-15-9-10-25-20(16(15)12-19(18)27-2)17(13-23)22(28-3)24-21(25)14-7-5-4-6-8-14;/h4-8,11-12H,9-10H2,1-3H3;1H/q+1;/p-1. The molecule has 0 aliphatic carbocycles. The van der Waals surface area contributed by atoms with E-state index in [2.05, 4.69) is 22.8 Å².